The average Bonchev–Trinajstić information content (AvgIpc) is 2.32. The first kappa shape index (κ1) is 14.2. The largest absolute Gasteiger partial charge is 0.461 e. The van der Waals surface area contributed by atoms with E-state index < -0.39 is 5.97 Å². The molecular formula is C14H19NO3. The van der Waals surface area contributed by atoms with E-state index in [-0.39, 0.29) is 12.3 Å². The molecule has 1 rings (SSSR count). The van der Waals surface area contributed by atoms with E-state index >= 15 is 0 Å². The summed E-state index contributed by atoms with van der Waals surface area (Å²) < 4.78 is 4.80. The van der Waals surface area contributed by atoms with Crippen molar-refractivity contribution in [3.63, 3.8) is 0 Å². The van der Waals surface area contributed by atoms with Crippen molar-refractivity contribution in [3.8, 4) is 0 Å². The van der Waals surface area contributed by atoms with Crippen LogP contribution >= 0.6 is 0 Å². The molecule has 98 valence electrons. The Bertz CT molecular complexity index is 452. The van der Waals surface area contributed by atoms with Crippen molar-refractivity contribution >= 4 is 11.7 Å². The molecule has 0 aromatic heterocycles. The van der Waals surface area contributed by atoms with Crippen LogP contribution in [-0.4, -0.2) is 23.5 Å². The number of hydrogen-bond donors (Lipinski definition) is 1. The van der Waals surface area contributed by atoms with Crippen molar-refractivity contribution in [2.45, 2.75) is 33.6 Å². The Labute approximate surface area is 107 Å². The van der Waals surface area contributed by atoms with Crippen LogP contribution in [0.15, 0.2) is 23.4 Å². The van der Waals surface area contributed by atoms with Crippen molar-refractivity contribution in [1.82, 2.24) is 0 Å². The minimum absolute atomic E-state index is 0.0665. The van der Waals surface area contributed by atoms with Crippen LogP contribution in [0.1, 0.15) is 30.0 Å². The Balaban J connectivity index is 2.66. The van der Waals surface area contributed by atoms with Gasteiger partial charge in [0.2, 0.25) is 0 Å². The van der Waals surface area contributed by atoms with Gasteiger partial charge in [0.1, 0.15) is 0 Å². The summed E-state index contributed by atoms with van der Waals surface area (Å²) in [6, 6.07) is 6.16. The molecule has 0 bridgehead atoms. The summed E-state index contributed by atoms with van der Waals surface area (Å²) in [5.74, 6) is -0.551. The number of aryl methyl sites for hydroxylation is 3. The van der Waals surface area contributed by atoms with Gasteiger partial charge in [0.25, 0.3) is 0 Å². The SMILES string of the molecule is CCOC(=O)C(CCc1ccc(C)cc1C)=NO. The van der Waals surface area contributed by atoms with Gasteiger partial charge in [0.15, 0.2) is 5.71 Å². The third kappa shape index (κ3) is 3.87. The van der Waals surface area contributed by atoms with Gasteiger partial charge in [-0.05, 0) is 38.3 Å². The maximum Gasteiger partial charge on any atom is 0.356 e. The first-order chi connectivity index (χ1) is 8.58. The van der Waals surface area contributed by atoms with Crippen molar-refractivity contribution in [1.29, 1.82) is 0 Å². The van der Waals surface area contributed by atoms with Crippen LogP contribution in [0, 0.1) is 13.8 Å². The molecule has 0 spiro atoms. The van der Waals surface area contributed by atoms with E-state index in [0.29, 0.717) is 12.8 Å². The molecule has 1 aromatic carbocycles. The van der Waals surface area contributed by atoms with Gasteiger partial charge in [-0.15, -0.1) is 0 Å². The fraction of sp³-hybridized carbons (Fsp3) is 0.429. The van der Waals surface area contributed by atoms with Gasteiger partial charge >= 0.3 is 5.97 Å². The lowest BCUT2D eigenvalue weighted by molar-refractivity contribution is -0.135. The van der Waals surface area contributed by atoms with E-state index in [0.717, 1.165) is 5.56 Å². The van der Waals surface area contributed by atoms with Gasteiger partial charge in [-0.2, -0.15) is 0 Å². The third-order valence-corrected chi connectivity index (χ3v) is 2.76. The highest BCUT2D eigenvalue weighted by Crippen LogP contribution is 2.13. The van der Waals surface area contributed by atoms with Gasteiger partial charge in [-0.1, -0.05) is 28.9 Å². The zero-order chi connectivity index (χ0) is 13.5. The molecule has 0 aliphatic rings. The molecule has 4 heteroatoms. The number of oxime groups is 1. The highest BCUT2D eigenvalue weighted by Gasteiger charge is 2.13. The molecular weight excluding hydrogens is 230 g/mol. The van der Waals surface area contributed by atoms with Crippen LogP contribution < -0.4 is 0 Å². The summed E-state index contributed by atoms with van der Waals surface area (Å²) in [7, 11) is 0. The number of benzene rings is 1. The second-order valence-corrected chi connectivity index (χ2v) is 4.20. The molecule has 0 aliphatic heterocycles. The van der Waals surface area contributed by atoms with Gasteiger partial charge in [-0.3, -0.25) is 0 Å². The Morgan fingerprint density at radius 1 is 1.39 bits per heavy atom. The van der Waals surface area contributed by atoms with Crippen LogP contribution in [-0.2, 0) is 16.0 Å². The molecule has 0 fully saturated rings. The molecule has 0 aliphatic carbocycles. The second kappa shape index (κ2) is 6.79. The monoisotopic (exact) mass is 249 g/mol. The molecule has 0 saturated heterocycles. The predicted octanol–water partition coefficient (Wildman–Crippen LogP) is 2.63. The van der Waals surface area contributed by atoms with Crippen molar-refractivity contribution in [3.05, 3.63) is 34.9 Å². The first-order valence-electron chi connectivity index (χ1n) is 6.02. The lowest BCUT2D eigenvalue weighted by atomic mass is 10.0. The highest BCUT2D eigenvalue weighted by atomic mass is 16.5. The Morgan fingerprint density at radius 3 is 2.67 bits per heavy atom. The summed E-state index contributed by atoms with van der Waals surface area (Å²) in [6.45, 7) is 6.07. The standard InChI is InChI=1S/C14H19NO3/c1-4-18-14(16)13(15-17)8-7-12-6-5-10(2)9-11(12)3/h5-6,9,17H,4,7-8H2,1-3H3. The van der Waals surface area contributed by atoms with E-state index in [1.807, 2.05) is 26.0 Å². The average molecular weight is 249 g/mol. The van der Waals surface area contributed by atoms with E-state index in [9.17, 15) is 4.79 Å². The fourth-order valence-electron chi connectivity index (χ4n) is 1.79. The van der Waals surface area contributed by atoms with Gasteiger partial charge < -0.3 is 9.94 Å². The molecule has 0 heterocycles. The van der Waals surface area contributed by atoms with Crippen LogP contribution in [0.2, 0.25) is 0 Å². The zero-order valence-electron chi connectivity index (χ0n) is 11.1. The fourth-order valence-corrected chi connectivity index (χ4v) is 1.79. The minimum atomic E-state index is -0.551. The normalized spacial score (nSPS) is 11.4. The maximum atomic E-state index is 11.4. The Morgan fingerprint density at radius 2 is 2.11 bits per heavy atom. The summed E-state index contributed by atoms with van der Waals surface area (Å²) in [5.41, 5.74) is 3.59. The number of hydrogen-bond acceptors (Lipinski definition) is 4. The lowest BCUT2D eigenvalue weighted by Crippen LogP contribution is -2.18. The van der Waals surface area contributed by atoms with Crippen molar-refractivity contribution in [2.75, 3.05) is 6.61 Å². The summed E-state index contributed by atoms with van der Waals surface area (Å²) in [6.07, 6.45) is 1.03. The molecule has 0 radical (unpaired) electrons. The summed E-state index contributed by atoms with van der Waals surface area (Å²) >= 11 is 0. The number of carbonyl (C=O) groups is 1. The number of esters is 1. The molecule has 18 heavy (non-hydrogen) atoms. The molecule has 1 N–H and O–H groups in total. The number of nitrogens with zero attached hydrogens (tertiary/aromatic N) is 1. The molecule has 0 atom stereocenters. The highest BCUT2D eigenvalue weighted by molar-refractivity contribution is 6.36. The lowest BCUT2D eigenvalue weighted by Gasteiger charge is -2.07. The Kier molecular flexibility index (Phi) is 5.36. The molecule has 4 nitrogen and oxygen atoms in total. The number of rotatable bonds is 5. The molecule has 1 aromatic rings. The first-order valence-corrected chi connectivity index (χ1v) is 6.02. The van der Waals surface area contributed by atoms with Crippen LogP contribution in [0.5, 0.6) is 0 Å². The summed E-state index contributed by atoms with van der Waals surface area (Å²) in [5, 5.41) is 11.8. The molecule has 0 saturated carbocycles. The summed E-state index contributed by atoms with van der Waals surface area (Å²) in [4.78, 5) is 11.4. The second-order valence-electron chi connectivity index (χ2n) is 4.20. The smallest absolute Gasteiger partial charge is 0.356 e. The van der Waals surface area contributed by atoms with Crippen LogP contribution in [0.4, 0.5) is 0 Å². The van der Waals surface area contributed by atoms with Crippen LogP contribution in [0.3, 0.4) is 0 Å². The predicted molar refractivity (Wildman–Crippen MR) is 70.1 cm³/mol. The molecule has 0 amide bonds. The van der Waals surface area contributed by atoms with Gasteiger partial charge in [-0.25, -0.2) is 4.79 Å². The third-order valence-electron chi connectivity index (χ3n) is 2.76. The van der Waals surface area contributed by atoms with Gasteiger partial charge in [0.05, 0.1) is 6.61 Å². The molecule has 0 unspecified atom stereocenters. The Hall–Kier alpha value is -1.84. The van der Waals surface area contributed by atoms with Crippen LogP contribution in [0.25, 0.3) is 0 Å². The number of carbonyl (C=O) groups excluding carboxylic acids is 1. The van der Waals surface area contributed by atoms with E-state index in [1.54, 1.807) is 6.92 Å². The minimum Gasteiger partial charge on any atom is -0.461 e. The maximum absolute atomic E-state index is 11.4. The quantitative estimate of drug-likeness (QED) is 0.378. The van der Waals surface area contributed by atoms with E-state index in [4.69, 9.17) is 9.94 Å². The van der Waals surface area contributed by atoms with E-state index in [1.165, 1.54) is 11.1 Å². The van der Waals surface area contributed by atoms with Gasteiger partial charge in [0, 0.05) is 6.42 Å². The van der Waals surface area contributed by atoms with Crippen molar-refractivity contribution < 1.29 is 14.7 Å². The van der Waals surface area contributed by atoms with Crippen molar-refractivity contribution in [2.24, 2.45) is 5.16 Å². The zero-order valence-corrected chi connectivity index (χ0v) is 11.1. The number of ether oxygens (including phenoxy) is 1. The van der Waals surface area contributed by atoms with E-state index in [2.05, 4.69) is 11.2 Å². The topological polar surface area (TPSA) is 58.9 Å².